The molecular weight excluding hydrogens is 310 g/mol. The maximum absolute atomic E-state index is 12.6. The molecule has 2 N–H and O–H groups in total. The van der Waals surface area contributed by atoms with Crippen LogP contribution < -0.4 is 10.6 Å². The first-order valence-corrected chi connectivity index (χ1v) is 9.22. The van der Waals surface area contributed by atoms with Crippen molar-refractivity contribution in [2.24, 2.45) is 0 Å². The Labute approximate surface area is 150 Å². The zero-order valence-electron chi connectivity index (χ0n) is 15.1. The summed E-state index contributed by atoms with van der Waals surface area (Å²) in [4.78, 5) is 16.9. The highest BCUT2D eigenvalue weighted by Gasteiger charge is 2.14. The summed E-state index contributed by atoms with van der Waals surface area (Å²) in [5.41, 5.74) is 4.63. The summed E-state index contributed by atoms with van der Waals surface area (Å²) in [6.45, 7) is 4.07. The van der Waals surface area contributed by atoms with Crippen molar-refractivity contribution in [1.82, 2.24) is 4.98 Å². The average molecular weight is 337 g/mol. The molecule has 1 aromatic heterocycles. The van der Waals surface area contributed by atoms with E-state index in [0.29, 0.717) is 11.6 Å². The van der Waals surface area contributed by atoms with Crippen molar-refractivity contribution in [3.05, 3.63) is 53.3 Å². The zero-order chi connectivity index (χ0) is 17.6. The summed E-state index contributed by atoms with van der Waals surface area (Å²) >= 11 is 0. The lowest BCUT2D eigenvalue weighted by molar-refractivity contribution is 0.102. The molecule has 1 heterocycles. The molecule has 25 heavy (non-hydrogen) atoms. The third-order valence-corrected chi connectivity index (χ3v) is 5.08. The molecule has 0 atom stereocenters. The van der Waals surface area contributed by atoms with Crippen LogP contribution in [0.1, 0.15) is 60.0 Å². The fourth-order valence-electron chi connectivity index (χ4n) is 3.38. The van der Waals surface area contributed by atoms with Gasteiger partial charge in [0.1, 0.15) is 0 Å². The molecule has 2 aromatic rings. The Balaban J connectivity index is 1.69. The number of nitrogens with zero attached hydrogens (tertiary/aromatic N) is 1. The Morgan fingerprint density at radius 2 is 1.84 bits per heavy atom. The van der Waals surface area contributed by atoms with Gasteiger partial charge in [0.15, 0.2) is 0 Å². The number of benzene rings is 1. The molecule has 0 spiro atoms. The van der Waals surface area contributed by atoms with Crippen LogP contribution in [0.25, 0.3) is 0 Å². The minimum Gasteiger partial charge on any atom is -0.381 e. The van der Waals surface area contributed by atoms with Crippen molar-refractivity contribution < 1.29 is 4.79 Å². The summed E-state index contributed by atoms with van der Waals surface area (Å²) in [5, 5.41) is 6.56. The number of rotatable bonds is 4. The quantitative estimate of drug-likeness (QED) is 0.765. The number of aromatic nitrogens is 1. The fraction of sp³-hybridized carbons (Fsp3) is 0.429. The third kappa shape index (κ3) is 4.59. The Morgan fingerprint density at radius 3 is 2.60 bits per heavy atom. The molecule has 0 aliphatic heterocycles. The minimum absolute atomic E-state index is 0.120. The number of hydrogen-bond acceptors (Lipinski definition) is 3. The van der Waals surface area contributed by atoms with Gasteiger partial charge in [0.05, 0.1) is 11.3 Å². The molecule has 3 rings (SSSR count). The number of pyridine rings is 1. The molecule has 1 aliphatic carbocycles. The largest absolute Gasteiger partial charge is 0.381 e. The Kier molecular flexibility index (Phi) is 5.69. The van der Waals surface area contributed by atoms with Gasteiger partial charge in [-0.1, -0.05) is 37.8 Å². The lowest BCUT2D eigenvalue weighted by Gasteiger charge is -2.18. The van der Waals surface area contributed by atoms with Crippen LogP contribution in [-0.4, -0.2) is 16.9 Å². The van der Waals surface area contributed by atoms with E-state index in [9.17, 15) is 4.79 Å². The van der Waals surface area contributed by atoms with E-state index in [-0.39, 0.29) is 5.91 Å². The second kappa shape index (κ2) is 8.15. The number of amides is 1. The summed E-state index contributed by atoms with van der Waals surface area (Å²) in [7, 11) is 0. The van der Waals surface area contributed by atoms with Gasteiger partial charge >= 0.3 is 0 Å². The van der Waals surface area contributed by atoms with Gasteiger partial charge in [-0.2, -0.15) is 0 Å². The summed E-state index contributed by atoms with van der Waals surface area (Å²) in [5.74, 6) is -0.120. The average Bonchev–Trinajstić information content (AvgIpc) is 2.88. The van der Waals surface area contributed by atoms with Crippen molar-refractivity contribution in [1.29, 1.82) is 0 Å². The van der Waals surface area contributed by atoms with E-state index >= 15 is 0 Å². The lowest BCUT2D eigenvalue weighted by Crippen LogP contribution is -2.19. The topological polar surface area (TPSA) is 54.0 Å². The molecule has 0 radical (unpaired) electrons. The van der Waals surface area contributed by atoms with Crippen molar-refractivity contribution in [2.45, 2.75) is 58.4 Å². The maximum atomic E-state index is 12.6. The van der Waals surface area contributed by atoms with Crippen molar-refractivity contribution in [2.75, 3.05) is 10.6 Å². The molecule has 0 saturated heterocycles. The predicted molar refractivity (Wildman–Crippen MR) is 103 cm³/mol. The number of carbonyl (C=O) groups is 1. The first kappa shape index (κ1) is 17.5. The number of anilines is 2. The van der Waals surface area contributed by atoms with Crippen LogP contribution in [0.5, 0.6) is 0 Å². The van der Waals surface area contributed by atoms with Gasteiger partial charge in [-0.25, -0.2) is 0 Å². The summed E-state index contributed by atoms with van der Waals surface area (Å²) in [6, 6.07) is 8.32. The van der Waals surface area contributed by atoms with Crippen molar-refractivity contribution in [3.63, 3.8) is 0 Å². The van der Waals surface area contributed by atoms with Crippen molar-refractivity contribution >= 4 is 17.3 Å². The van der Waals surface area contributed by atoms with E-state index in [1.807, 2.05) is 38.1 Å². The lowest BCUT2D eigenvalue weighted by atomic mass is 10.1. The monoisotopic (exact) mass is 337 g/mol. The second-order valence-corrected chi connectivity index (χ2v) is 7.00. The molecule has 0 bridgehead atoms. The molecule has 1 amide bonds. The Hall–Kier alpha value is -2.36. The first-order valence-electron chi connectivity index (χ1n) is 9.22. The van der Waals surface area contributed by atoms with Crippen LogP contribution in [0.15, 0.2) is 36.7 Å². The third-order valence-electron chi connectivity index (χ3n) is 5.08. The molecule has 132 valence electrons. The molecule has 4 nitrogen and oxygen atoms in total. The number of hydrogen-bond donors (Lipinski definition) is 2. The van der Waals surface area contributed by atoms with E-state index in [1.54, 1.807) is 12.4 Å². The zero-order valence-corrected chi connectivity index (χ0v) is 15.1. The molecule has 1 aromatic carbocycles. The molecule has 1 aliphatic rings. The highest BCUT2D eigenvalue weighted by molar-refractivity contribution is 6.05. The summed E-state index contributed by atoms with van der Waals surface area (Å²) < 4.78 is 0. The van der Waals surface area contributed by atoms with E-state index in [0.717, 1.165) is 16.9 Å². The van der Waals surface area contributed by atoms with Gasteiger partial charge in [-0.05, 0) is 49.9 Å². The fourth-order valence-corrected chi connectivity index (χ4v) is 3.38. The van der Waals surface area contributed by atoms with E-state index in [2.05, 4.69) is 15.6 Å². The first-order chi connectivity index (χ1) is 12.1. The number of nitrogens with one attached hydrogen (secondary N) is 2. The van der Waals surface area contributed by atoms with Crippen LogP contribution in [0, 0.1) is 13.8 Å². The van der Waals surface area contributed by atoms with Gasteiger partial charge in [-0.15, -0.1) is 0 Å². The van der Waals surface area contributed by atoms with Crippen LogP contribution >= 0.6 is 0 Å². The SMILES string of the molecule is Cc1cccc(NC(=O)c2cncc(NC3CCCCCC3)c2)c1C. The standard InChI is InChI=1S/C21H27N3O/c1-15-8-7-11-20(16(15)2)24-21(25)17-12-19(14-22-13-17)23-18-9-5-3-4-6-10-18/h7-8,11-14,18,23H,3-6,9-10H2,1-2H3,(H,24,25). The van der Waals surface area contributed by atoms with E-state index < -0.39 is 0 Å². The van der Waals surface area contributed by atoms with Gasteiger partial charge in [0, 0.05) is 24.1 Å². The van der Waals surface area contributed by atoms with E-state index in [1.165, 1.54) is 44.1 Å². The van der Waals surface area contributed by atoms with Gasteiger partial charge in [-0.3, -0.25) is 9.78 Å². The smallest absolute Gasteiger partial charge is 0.257 e. The Bertz CT molecular complexity index is 734. The summed E-state index contributed by atoms with van der Waals surface area (Å²) in [6.07, 6.45) is 11.0. The Morgan fingerprint density at radius 1 is 1.08 bits per heavy atom. The number of aryl methyl sites for hydroxylation is 1. The molecule has 1 fully saturated rings. The minimum atomic E-state index is -0.120. The maximum Gasteiger partial charge on any atom is 0.257 e. The molecule has 4 heteroatoms. The molecular formula is C21H27N3O. The van der Waals surface area contributed by atoms with Gasteiger partial charge in [0.2, 0.25) is 0 Å². The normalized spacial score (nSPS) is 15.4. The van der Waals surface area contributed by atoms with Crippen LogP contribution in [-0.2, 0) is 0 Å². The van der Waals surface area contributed by atoms with Crippen molar-refractivity contribution in [3.8, 4) is 0 Å². The van der Waals surface area contributed by atoms with Gasteiger partial charge in [0.25, 0.3) is 5.91 Å². The van der Waals surface area contributed by atoms with E-state index in [4.69, 9.17) is 0 Å². The molecule has 1 saturated carbocycles. The highest BCUT2D eigenvalue weighted by Crippen LogP contribution is 2.22. The van der Waals surface area contributed by atoms with Crippen LogP contribution in [0.3, 0.4) is 0 Å². The number of carbonyl (C=O) groups excluding carboxylic acids is 1. The second-order valence-electron chi connectivity index (χ2n) is 7.00. The van der Waals surface area contributed by atoms with Gasteiger partial charge < -0.3 is 10.6 Å². The van der Waals surface area contributed by atoms with Crippen LogP contribution in [0.4, 0.5) is 11.4 Å². The molecule has 0 unspecified atom stereocenters. The predicted octanol–water partition coefficient (Wildman–Crippen LogP) is 5.09. The highest BCUT2D eigenvalue weighted by atomic mass is 16.1. The van der Waals surface area contributed by atoms with Crippen LogP contribution in [0.2, 0.25) is 0 Å².